The number of nitro groups is 1. The molecule has 0 fully saturated rings. The van der Waals surface area contributed by atoms with Crippen molar-refractivity contribution < 1.29 is 13.3 Å². The molecular formula is C11H17N3O4S. The highest BCUT2D eigenvalue weighted by molar-refractivity contribution is 7.89. The van der Waals surface area contributed by atoms with Gasteiger partial charge < -0.3 is 5.32 Å². The van der Waals surface area contributed by atoms with Crippen molar-refractivity contribution in [1.29, 1.82) is 0 Å². The van der Waals surface area contributed by atoms with Crippen molar-refractivity contribution in [3.8, 4) is 0 Å². The van der Waals surface area contributed by atoms with E-state index in [0.717, 1.165) is 0 Å². The lowest BCUT2D eigenvalue weighted by Crippen LogP contribution is -2.32. The molecule has 1 atom stereocenters. The zero-order chi connectivity index (χ0) is 14.5. The molecular weight excluding hydrogens is 270 g/mol. The fraction of sp³-hybridized carbons (Fsp3) is 0.455. The van der Waals surface area contributed by atoms with Crippen LogP contribution in [0.2, 0.25) is 0 Å². The number of benzene rings is 1. The van der Waals surface area contributed by atoms with Gasteiger partial charge in [0.1, 0.15) is 0 Å². The molecule has 0 aliphatic heterocycles. The Labute approximate surface area is 112 Å². The van der Waals surface area contributed by atoms with E-state index >= 15 is 0 Å². The lowest BCUT2D eigenvalue weighted by atomic mass is 10.2. The molecule has 0 saturated heterocycles. The minimum absolute atomic E-state index is 0.0857. The SMILES string of the molecule is CNCC(C)CNS(=O)(=O)c1ccccc1[N+](=O)[O-]. The van der Waals surface area contributed by atoms with Crippen LogP contribution in [0.25, 0.3) is 0 Å². The van der Waals surface area contributed by atoms with E-state index in [9.17, 15) is 18.5 Å². The van der Waals surface area contributed by atoms with Gasteiger partial charge in [0.05, 0.1) is 4.92 Å². The van der Waals surface area contributed by atoms with Gasteiger partial charge in [-0.3, -0.25) is 10.1 Å². The van der Waals surface area contributed by atoms with Crippen molar-refractivity contribution >= 4 is 15.7 Å². The summed E-state index contributed by atoms with van der Waals surface area (Å²) in [5.41, 5.74) is -0.420. The zero-order valence-electron chi connectivity index (χ0n) is 10.8. The lowest BCUT2D eigenvalue weighted by Gasteiger charge is -2.12. The summed E-state index contributed by atoms with van der Waals surface area (Å²) in [7, 11) is -2.10. The van der Waals surface area contributed by atoms with E-state index in [-0.39, 0.29) is 17.4 Å². The Kier molecular flexibility index (Phi) is 5.40. The first kappa shape index (κ1) is 15.5. The number of hydrogen-bond donors (Lipinski definition) is 2. The van der Waals surface area contributed by atoms with E-state index in [0.29, 0.717) is 6.54 Å². The maximum atomic E-state index is 12.0. The molecule has 0 aromatic heterocycles. The monoisotopic (exact) mass is 287 g/mol. The van der Waals surface area contributed by atoms with Gasteiger partial charge in [-0.15, -0.1) is 0 Å². The largest absolute Gasteiger partial charge is 0.319 e. The summed E-state index contributed by atoms with van der Waals surface area (Å²) in [5.74, 6) is 0.0857. The Morgan fingerprint density at radius 2 is 1.95 bits per heavy atom. The van der Waals surface area contributed by atoms with Crippen molar-refractivity contribution in [2.75, 3.05) is 20.1 Å². The summed E-state index contributed by atoms with van der Waals surface area (Å²) in [6.07, 6.45) is 0. The number of nitro benzene ring substituents is 1. The molecule has 0 saturated carbocycles. The van der Waals surface area contributed by atoms with E-state index in [1.165, 1.54) is 24.3 Å². The van der Waals surface area contributed by atoms with Gasteiger partial charge in [-0.2, -0.15) is 0 Å². The number of sulfonamides is 1. The first-order valence-electron chi connectivity index (χ1n) is 5.76. The van der Waals surface area contributed by atoms with Crippen LogP contribution in [0.5, 0.6) is 0 Å². The summed E-state index contributed by atoms with van der Waals surface area (Å²) in [5, 5.41) is 13.7. The number of rotatable bonds is 7. The molecule has 0 amide bonds. The van der Waals surface area contributed by atoms with Crippen LogP contribution >= 0.6 is 0 Å². The molecule has 0 radical (unpaired) electrons. The van der Waals surface area contributed by atoms with E-state index in [2.05, 4.69) is 10.0 Å². The third kappa shape index (κ3) is 4.27. The topological polar surface area (TPSA) is 101 Å². The van der Waals surface area contributed by atoms with Gasteiger partial charge in [0.15, 0.2) is 4.90 Å². The van der Waals surface area contributed by atoms with Crippen LogP contribution in [0.4, 0.5) is 5.69 Å². The third-order valence-corrected chi connectivity index (χ3v) is 4.00. The normalized spacial score (nSPS) is 13.2. The van der Waals surface area contributed by atoms with Gasteiger partial charge in [-0.05, 0) is 25.6 Å². The van der Waals surface area contributed by atoms with Gasteiger partial charge in [-0.25, -0.2) is 13.1 Å². The molecule has 7 nitrogen and oxygen atoms in total. The molecule has 0 bridgehead atoms. The van der Waals surface area contributed by atoms with Crippen molar-refractivity contribution in [3.63, 3.8) is 0 Å². The average Bonchev–Trinajstić information content (AvgIpc) is 2.37. The molecule has 1 aromatic rings. The summed E-state index contributed by atoms with van der Waals surface area (Å²) < 4.78 is 26.4. The van der Waals surface area contributed by atoms with Gasteiger partial charge in [0, 0.05) is 12.6 Å². The standard InChI is InChI=1S/C11H17N3O4S/c1-9(7-12-2)8-13-19(17,18)11-6-4-3-5-10(11)14(15)16/h3-6,9,12-13H,7-8H2,1-2H3. The van der Waals surface area contributed by atoms with Crippen molar-refractivity contribution in [2.24, 2.45) is 5.92 Å². The van der Waals surface area contributed by atoms with Gasteiger partial charge in [0.25, 0.3) is 5.69 Å². The minimum Gasteiger partial charge on any atom is -0.319 e. The number of hydrogen-bond acceptors (Lipinski definition) is 5. The second kappa shape index (κ2) is 6.60. The van der Waals surface area contributed by atoms with Crippen LogP contribution in [0.15, 0.2) is 29.2 Å². The van der Waals surface area contributed by atoms with Crippen LogP contribution < -0.4 is 10.0 Å². The summed E-state index contributed by atoms with van der Waals surface area (Å²) in [6.45, 7) is 2.74. The fourth-order valence-corrected chi connectivity index (χ4v) is 2.92. The second-order valence-electron chi connectivity index (χ2n) is 4.24. The number of para-hydroxylation sites is 1. The van der Waals surface area contributed by atoms with E-state index < -0.39 is 20.6 Å². The molecule has 1 rings (SSSR count). The van der Waals surface area contributed by atoms with Crippen LogP contribution in [0.1, 0.15) is 6.92 Å². The minimum atomic E-state index is -3.87. The first-order valence-corrected chi connectivity index (χ1v) is 7.24. The van der Waals surface area contributed by atoms with Gasteiger partial charge in [0.2, 0.25) is 10.0 Å². The van der Waals surface area contributed by atoms with Crippen molar-refractivity contribution in [1.82, 2.24) is 10.0 Å². The summed E-state index contributed by atoms with van der Waals surface area (Å²) in [6, 6.07) is 5.29. The smallest absolute Gasteiger partial charge is 0.289 e. The van der Waals surface area contributed by atoms with Gasteiger partial charge in [-0.1, -0.05) is 19.1 Å². The predicted octanol–water partition coefficient (Wildman–Crippen LogP) is 0.729. The van der Waals surface area contributed by atoms with Crippen molar-refractivity contribution in [2.45, 2.75) is 11.8 Å². The highest BCUT2D eigenvalue weighted by atomic mass is 32.2. The Morgan fingerprint density at radius 1 is 1.32 bits per heavy atom. The summed E-state index contributed by atoms with van der Waals surface area (Å²) >= 11 is 0. The van der Waals surface area contributed by atoms with Gasteiger partial charge >= 0.3 is 0 Å². The maximum Gasteiger partial charge on any atom is 0.289 e. The Morgan fingerprint density at radius 3 is 2.53 bits per heavy atom. The fourth-order valence-electron chi connectivity index (χ4n) is 1.59. The highest BCUT2D eigenvalue weighted by Gasteiger charge is 2.24. The second-order valence-corrected chi connectivity index (χ2v) is 5.97. The van der Waals surface area contributed by atoms with Crippen molar-refractivity contribution in [3.05, 3.63) is 34.4 Å². The predicted molar refractivity (Wildman–Crippen MR) is 71.4 cm³/mol. The van der Waals surface area contributed by atoms with Crippen LogP contribution in [0, 0.1) is 16.0 Å². The Bertz CT molecular complexity index is 545. The van der Waals surface area contributed by atoms with E-state index in [4.69, 9.17) is 0 Å². The van der Waals surface area contributed by atoms with E-state index in [1.807, 2.05) is 6.92 Å². The number of nitrogens with one attached hydrogen (secondary N) is 2. The molecule has 8 heteroatoms. The summed E-state index contributed by atoms with van der Waals surface area (Å²) in [4.78, 5) is 9.80. The van der Waals surface area contributed by atoms with Crippen LogP contribution in [0.3, 0.4) is 0 Å². The molecule has 19 heavy (non-hydrogen) atoms. The van der Waals surface area contributed by atoms with Crippen LogP contribution in [-0.4, -0.2) is 33.5 Å². The molecule has 2 N–H and O–H groups in total. The molecule has 106 valence electrons. The molecule has 0 spiro atoms. The Hall–Kier alpha value is -1.51. The average molecular weight is 287 g/mol. The molecule has 0 aliphatic rings. The molecule has 1 aromatic carbocycles. The Balaban J connectivity index is 2.92. The molecule has 0 heterocycles. The molecule has 1 unspecified atom stereocenters. The third-order valence-electron chi connectivity index (χ3n) is 2.53. The van der Waals surface area contributed by atoms with Crippen LogP contribution in [-0.2, 0) is 10.0 Å². The molecule has 0 aliphatic carbocycles. The lowest BCUT2D eigenvalue weighted by molar-refractivity contribution is -0.387. The quantitative estimate of drug-likeness (QED) is 0.568. The number of nitrogens with zero attached hydrogens (tertiary/aromatic N) is 1. The first-order chi connectivity index (χ1) is 8.88. The zero-order valence-corrected chi connectivity index (χ0v) is 11.6. The maximum absolute atomic E-state index is 12.0. The highest BCUT2D eigenvalue weighted by Crippen LogP contribution is 2.22. The van der Waals surface area contributed by atoms with E-state index in [1.54, 1.807) is 7.05 Å².